The van der Waals surface area contributed by atoms with E-state index >= 15 is 0 Å². The van der Waals surface area contributed by atoms with Gasteiger partial charge in [0.2, 0.25) is 0 Å². The number of hydrogen-bond donors (Lipinski definition) is 1. The first-order chi connectivity index (χ1) is 15.6. The second kappa shape index (κ2) is 10.6. The first-order valence-corrected chi connectivity index (χ1v) is 11.7. The Morgan fingerprint density at radius 2 is 1.75 bits per heavy atom. The number of hydrogen-bond acceptors (Lipinski definition) is 5. The molecule has 1 amide bonds. The molecule has 1 aromatic heterocycles. The number of thioether (sulfide) groups is 1. The van der Waals surface area contributed by atoms with Crippen LogP contribution in [0.5, 0.6) is 0 Å². The van der Waals surface area contributed by atoms with Crippen LogP contribution in [0.2, 0.25) is 5.02 Å². The minimum absolute atomic E-state index is 0.142. The number of aromatic nitrogens is 3. The lowest BCUT2D eigenvalue weighted by Gasteiger charge is -2.10. The molecule has 0 unspecified atom stereocenters. The number of amides is 1. The van der Waals surface area contributed by atoms with E-state index in [1.807, 2.05) is 71.3 Å². The zero-order chi connectivity index (χ0) is 22.3. The lowest BCUT2D eigenvalue weighted by atomic mass is 10.2. The van der Waals surface area contributed by atoms with Crippen LogP contribution in [0.3, 0.4) is 0 Å². The number of halogens is 2. The molecule has 1 N–H and O–H groups in total. The zero-order valence-electron chi connectivity index (χ0n) is 16.7. The maximum Gasteiger partial charge on any atom is 0.250 e. The standard InChI is InChI=1S/C23H17BrClN5OS/c24-18-10-8-17(9-11-18)22-28-29-23(30(22)20-4-2-1-3-5-20)32-15-21(31)27-26-14-16-6-12-19(25)13-7-16/h1-14H,15H2,(H,27,31). The van der Waals surface area contributed by atoms with Gasteiger partial charge in [-0.2, -0.15) is 5.10 Å². The predicted molar refractivity (Wildman–Crippen MR) is 132 cm³/mol. The van der Waals surface area contributed by atoms with Crippen LogP contribution in [0.15, 0.2) is 93.6 Å². The van der Waals surface area contributed by atoms with E-state index in [0.717, 1.165) is 21.3 Å². The van der Waals surface area contributed by atoms with Crippen molar-refractivity contribution in [2.75, 3.05) is 5.75 Å². The van der Waals surface area contributed by atoms with Gasteiger partial charge in [-0.15, -0.1) is 10.2 Å². The summed E-state index contributed by atoms with van der Waals surface area (Å²) in [5, 5.41) is 14.0. The van der Waals surface area contributed by atoms with Crippen LogP contribution in [0.4, 0.5) is 0 Å². The van der Waals surface area contributed by atoms with Gasteiger partial charge in [-0.25, -0.2) is 5.43 Å². The molecule has 0 fully saturated rings. The van der Waals surface area contributed by atoms with E-state index in [4.69, 9.17) is 11.6 Å². The van der Waals surface area contributed by atoms with Crippen LogP contribution >= 0.6 is 39.3 Å². The molecule has 0 aliphatic rings. The van der Waals surface area contributed by atoms with E-state index in [0.29, 0.717) is 16.0 Å². The Bertz CT molecular complexity index is 1230. The molecule has 0 radical (unpaired) electrons. The molecule has 0 spiro atoms. The van der Waals surface area contributed by atoms with Crippen molar-refractivity contribution in [3.8, 4) is 17.1 Å². The van der Waals surface area contributed by atoms with Crippen molar-refractivity contribution in [3.05, 3.63) is 93.9 Å². The molecular formula is C23H17BrClN5OS. The first-order valence-electron chi connectivity index (χ1n) is 9.57. The Hall–Kier alpha value is -2.94. The number of hydrazone groups is 1. The highest BCUT2D eigenvalue weighted by Gasteiger charge is 2.17. The molecule has 0 aliphatic heterocycles. The minimum Gasteiger partial charge on any atom is -0.272 e. The highest BCUT2D eigenvalue weighted by atomic mass is 79.9. The quantitative estimate of drug-likeness (QED) is 0.193. The molecule has 0 saturated heterocycles. The fourth-order valence-corrected chi connectivity index (χ4v) is 3.98. The molecule has 0 aliphatic carbocycles. The highest BCUT2D eigenvalue weighted by molar-refractivity contribution is 9.10. The molecule has 4 aromatic rings. The minimum atomic E-state index is -0.243. The summed E-state index contributed by atoms with van der Waals surface area (Å²) in [6, 6.07) is 24.8. The van der Waals surface area contributed by atoms with Gasteiger partial charge in [0.1, 0.15) is 0 Å². The van der Waals surface area contributed by atoms with Gasteiger partial charge in [-0.05, 0) is 42.0 Å². The highest BCUT2D eigenvalue weighted by Crippen LogP contribution is 2.28. The van der Waals surface area contributed by atoms with Gasteiger partial charge in [0.25, 0.3) is 5.91 Å². The van der Waals surface area contributed by atoms with Crippen molar-refractivity contribution < 1.29 is 4.79 Å². The number of para-hydroxylation sites is 1. The van der Waals surface area contributed by atoms with Crippen LogP contribution in [-0.2, 0) is 4.79 Å². The molecule has 32 heavy (non-hydrogen) atoms. The molecule has 0 atom stereocenters. The van der Waals surface area contributed by atoms with E-state index in [9.17, 15) is 4.79 Å². The second-order valence-corrected chi connectivity index (χ2v) is 8.91. The third-order valence-electron chi connectivity index (χ3n) is 4.36. The fraction of sp³-hybridized carbons (Fsp3) is 0.0435. The van der Waals surface area contributed by atoms with Crippen molar-refractivity contribution in [2.45, 2.75) is 5.16 Å². The molecule has 6 nitrogen and oxygen atoms in total. The molecule has 0 saturated carbocycles. The Labute approximate surface area is 202 Å². The van der Waals surface area contributed by atoms with Crippen LogP contribution in [0, 0.1) is 0 Å². The monoisotopic (exact) mass is 525 g/mol. The second-order valence-electron chi connectivity index (χ2n) is 6.62. The number of carbonyl (C=O) groups excluding carboxylic acids is 1. The summed E-state index contributed by atoms with van der Waals surface area (Å²) in [6.45, 7) is 0. The van der Waals surface area contributed by atoms with Crippen LogP contribution in [-0.4, -0.2) is 32.6 Å². The lowest BCUT2D eigenvalue weighted by Crippen LogP contribution is -2.20. The van der Waals surface area contributed by atoms with E-state index < -0.39 is 0 Å². The average Bonchev–Trinajstić information content (AvgIpc) is 3.24. The largest absolute Gasteiger partial charge is 0.272 e. The van der Waals surface area contributed by atoms with Gasteiger partial charge in [0.15, 0.2) is 11.0 Å². The molecule has 9 heteroatoms. The van der Waals surface area contributed by atoms with Crippen LogP contribution < -0.4 is 5.43 Å². The number of nitrogens with zero attached hydrogens (tertiary/aromatic N) is 4. The first kappa shape index (κ1) is 22.3. The topological polar surface area (TPSA) is 72.2 Å². The average molecular weight is 527 g/mol. The number of rotatable bonds is 7. The lowest BCUT2D eigenvalue weighted by molar-refractivity contribution is -0.118. The van der Waals surface area contributed by atoms with Crippen molar-refractivity contribution in [2.24, 2.45) is 5.10 Å². The maximum atomic E-state index is 12.3. The van der Waals surface area contributed by atoms with E-state index in [1.165, 1.54) is 11.8 Å². The smallest absolute Gasteiger partial charge is 0.250 e. The van der Waals surface area contributed by atoms with E-state index in [-0.39, 0.29) is 11.7 Å². The van der Waals surface area contributed by atoms with Crippen molar-refractivity contribution in [1.29, 1.82) is 0 Å². The molecule has 0 bridgehead atoms. The number of benzene rings is 3. The Morgan fingerprint density at radius 3 is 2.47 bits per heavy atom. The van der Waals surface area contributed by atoms with Crippen molar-refractivity contribution >= 4 is 51.4 Å². The van der Waals surface area contributed by atoms with Gasteiger partial charge < -0.3 is 0 Å². The summed E-state index contributed by atoms with van der Waals surface area (Å²) in [4.78, 5) is 12.3. The molecular weight excluding hydrogens is 510 g/mol. The summed E-state index contributed by atoms with van der Waals surface area (Å²) in [6.07, 6.45) is 1.57. The normalized spacial score (nSPS) is 11.1. The fourth-order valence-electron chi connectivity index (χ4n) is 2.85. The summed E-state index contributed by atoms with van der Waals surface area (Å²) < 4.78 is 2.93. The molecule has 160 valence electrons. The van der Waals surface area contributed by atoms with Gasteiger partial charge in [0, 0.05) is 20.7 Å². The van der Waals surface area contributed by atoms with Gasteiger partial charge in [-0.1, -0.05) is 81.8 Å². The number of carbonyl (C=O) groups is 1. The summed E-state index contributed by atoms with van der Waals surface area (Å²) >= 11 is 10.6. The molecule has 3 aromatic carbocycles. The molecule has 4 rings (SSSR count). The van der Waals surface area contributed by atoms with Crippen LogP contribution in [0.25, 0.3) is 17.1 Å². The predicted octanol–water partition coefficient (Wildman–Crippen LogP) is 5.59. The third-order valence-corrected chi connectivity index (χ3v) is 6.07. The molecule has 1 heterocycles. The van der Waals surface area contributed by atoms with E-state index in [1.54, 1.807) is 18.3 Å². The summed E-state index contributed by atoms with van der Waals surface area (Å²) in [7, 11) is 0. The van der Waals surface area contributed by atoms with Gasteiger partial charge in [0.05, 0.1) is 12.0 Å². The zero-order valence-corrected chi connectivity index (χ0v) is 19.8. The SMILES string of the molecule is O=C(CSc1nnc(-c2ccc(Br)cc2)n1-c1ccccc1)NN=Cc1ccc(Cl)cc1. The van der Waals surface area contributed by atoms with Crippen molar-refractivity contribution in [3.63, 3.8) is 0 Å². The van der Waals surface area contributed by atoms with Crippen LogP contribution in [0.1, 0.15) is 5.56 Å². The Kier molecular flexibility index (Phi) is 7.36. The summed E-state index contributed by atoms with van der Waals surface area (Å²) in [5.74, 6) is 0.601. The van der Waals surface area contributed by atoms with Gasteiger partial charge in [-0.3, -0.25) is 9.36 Å². The number of nitrogens with one attached hydrogen (secondary N) is 1. The Balaban J connectivity index is 1.49. The Morgan fingerprint density at radius 1 is 1.03 bits per heavy atom. The third kappa shape index (κ3) is 5.64. The summed E-state index contributed by atoms with van der Waals surface area (Å²) in [5.41, 5.74) is 5.21. The van der Waals surface area contributed by atoms with Crippen molar-refractivity contribution in [1.82, 2.24) is 20.2 Å². The van der Waals surface area contributed by atoms with E-state index in [2.05, 4.69) is 36.7 Å². The van der Waals surface area contributed by atoms with Gasteiger partial charge >= 0.3 is 0 Å². The maximum absolute atomic E-state index is 12.3.